The van der Waals surface area contributed by atoms with E-state index >= 15 is 0 Å². The molecule has 2 N–H and O–H groups in total. The topological polar surface area (TPSA) is 95.3 Å². The van der Waals surface area contributed by atoms with Gasteiger partial charge in [0.15, 0.2) is 0 Å². The van der Waals surface area contributed by atoms with Crippen LogP contribution in [0.1, 0.15) is 79.5 Å². The maximum absolute atomic E-state index is 11.7. The van der Waals surface area contributed by atoms with Crippen molar-refractivity contribution in [3.8, 4) is 6.07 Å². The van der Waals surface area contributed by atoms with Crippen LogP contribution in [0, 0.1) is 24.2 Å². The first kappa shape index (κ1) is 20.9. The maximum Gasteiger partial charge on any atom is 0.306 e. The summed E-state index contributed by atoms with van der Waals surface area (Å²) < 4.78 is 12.0. The summed E-state index contributed by atoms with van der Waals surface area (Å²) in [7, 11) is 1.74. The summed E-state index contributed by atoms with van der Waals surface area (Å²) in [5.74, 6) is -0.394. The van der Waals surface area contributed by atoms with Crippen molar-refractivity contribution in [1.29, 1.82) is 5.26 Å². The zero-order valence-corrected chi connectivity index (χ0v) is 18.0. The number of aromatic amines is 1. The number of carboxylic acid groups (broad SMARTS) is 1. The Bertz CT molecular complexity index is 1010. The highest BCUT2D eigenvalue weighted by Gasteiger charge is 2.42. The fraction of sp³-hybridized carbons (Fsp3) is 0.583. The SMILES string of the molecule is CCCC1(CC(=O)O)OCCc2c1[nH]c1c(C)c(C(OC)C3CCC3)cc(C#N)c21. The van der Waals surface area contributed by atoms with Gasteiger partial charge in [-0.3, -0.25) is 4.79 Å². The lowest BCUT2D eigenvalue weighted by molar-refractivity contribution is -0.149. The number of carboxylic acids is 1. The number of nitriles is 1. The van der Waals surface area contributed by atoms with Gasteiger partial charge in [0.05, 0.1) is 42.0 Å². The monoisotopic (exact) mass is 410 g/mol. The third-order valence-electron chi connectivity index (χ3n) is 7.02. The van der Waals surface area contributed by atoms with Gasteiger partial charge in [-0.25, -0.2) is 0 Å². The molecule has 1 aromatic carbocycles. The number of ether oxygens (including phenoxy) is 2. The maximum atomic E-state index is 11.7. The highest BCUT2D eigenvalue weighted by molar-refractivity contribution is 5.94. The van der Waals surface area contributed by atoms with Crippen molar-refractivity contribution in [1.82, 2.24) is 4.98 Å². The summed E-state index contributed by atoms with van der Waals surface area (Å²) in [4.78, 5) is 15.2. The molecule has 2 unspecified atom stereocenters. The van der Waals surface area contributed by atoms with Gasteiger partial charge in [-0.1, -0.05) is 19.8 Å². The van der Waals surface area contributed by atoms with Crippen LogP contribution in [0.3, 0.4) is 0 Å². The van der Waals surface area contributed by atoms with Crippen molar-refractivity contribution in [2.75, 3.05) is 13.7 Å². The van der Waals surface area contributed by atoms with Gasteiger partial charge in [0, 0.05) is 12.5 Å². The molecule has 0 radical (unpaired) electrons. The molecular weight excluding hydrogens is 380 g/mol. The van der Waals surface area contributed by atoms with E-state index in [4.69, 9.17) is 9.47 Å². The first-order valence-electron chi connectivity index (χ1n) is 10.9. The minimum Gasteiger partial charge on any atom is -0.481 e. The largest absolute Gasteiger partial charge is 0.481 e. The minimum absolute atomic E-state index is 0.0220. The number of hydrogen-bond acceptors (Lipinski definition) is 4. The molecule has 6 heteroatoms. The number of carbonyl (C=O) groups is 1. The van der Waals surface area contributed by atoms with Crippen molar-refractivity contribution in [2.24, 2.45) is 5.92 Å². The van der Waals surface area contributed by atoms with E-state index in [1.165, 1.54) is 6.42 Å². The summed E-state index contributed by atoms with van der Waals surface area (Å²) in [5.41, 5.74) is 4.69. The number of aromatic nitrogens is 1. The number of methoxy groups -OCH3 is 1. The third-order valence-corrected chi connectivity index (χ3v) is 7.02. The number of hydrogen-bond donors (Lipinski definition) is 2. The van der Waals surface area contributed by atoms with Crippen molar-refractivity contribution < 1.29 is 19.4 Å². The van der Waals surface area contributed by atoms with E-state index in [1.807, 2.05) is 13.0 Å². The van der Waals surface area contributed by atoms with Crippen LogP contribution in [0.4, 0.5) is 0 Å². The van der Waals surface area contributed by atoms with Crippen LogP contribution < -0.4 is 0 Å². The Hall–Kier alpha value is -2.36. The zero-order valence-electron chi connectivity index (χ0n) is 18.0. The summed E-state index contributed by atoms with van der Waals surface area (Å²) >= 11 is 0. The average molecular weight is 411 g/mol. The van der Waals surface area contributed by atoms with Gasteiger partial charge in [0.2, 0.25) is 0 Å². The number of aryl methyl sites for hydroxylation is 1. The lowest BCUT2D eigenvalue weighted by Gasteiger charge is -2.36. The fourth-order valence-corrected chi connectivity index (χ4v) is 5.43. The molecule has 2 atom stereocenters. The van der Waals surface area contributed by atoms with Gasteiger partial charge in [0.1, 0.15) is 5.60 Å². The van der Waals surface area contributed by atoms with Crippen LogP contribution >= 0.6 is 0 Å². The van der Waals surface area contributed by atoms with Gasteiger partial charge in [-0.2, -0.15) is 5.26 Å². The molecule has 30 heavy (non-hydrogen) atoms. The van der Waals surface area contributed by atoms with E-state index in [0.29, 0.717) is 30.9 Å². The Kier molecular flexibility index (Phi) is 5.61. The summed E-state index contributed by atoms with van der Waals surface area (Å²) in [5, 5.41) is 20.5. The molecule has 2 aliphatic rings. The fourth-order valence-electron chi connectivity index (χ4n) is 5.43. The van der Waals surface area contributed by atoms with Crippen LogP contribution in [-0.4, -0.2) is 29.8 Å². The Morgan fingerprint density at radius 3 is 2.83 bits per heavy atom. The number of nitrogens with zero attached hydrogens (tertiary/aromatic N) is 1. The molecule has 6 nitrogen and oxygen atoms in total. The van der Waals surface area contributed by atoms with Crippen LogP contribution in [0.15, 0.2) is 6.07 Å². The van der Waals surface area contributed by atoms with Crippen LogP contribution in [0.25, 0.3) is 10.9 Å². The number of fused-ring (bicyclic) bond motifs is 3. The lowest BCUT2D eigenvalue weighted by Crippen LogP contribution is -2.37. The van der Waals surface area contributed by atoms with E-state index in [9.17, 15) is 15.2 Å². The number of benzene rings is 1. The molecule has 1 aliphatic carbocycles. The molecule has 2 heterocycles. The first-order chi connectivity index (χ1) is 14.5. The number of rotatable bonds is 7. The molecule has 160 valence electrons. The van der Waals surface area contributed by atoms with Gasteiger partial charge in [-0.15, -0.1) is 0 Å². The predicted molar refractivity (Wildman–Crippen MR) is 113 cm³/mol. The quantitative estimate of drug-likeness (QED) is 0.678. The highest BCUT2D eigenvalue weighted by Crippen LogP contribution is 2.46. The molecule has 2 aromatic rings. The van der Waals surface area contributed by atoms with E-state index in [-0.39, 0.29) is 12.5 Å². The summed E-state index contributed by atoms with van der Waals surface area (Å²) in [6, 6.07) is 4.39. The van der Waals surface area contributed by atoms with E-state index < -0.39 is 11.6 Å². The smallest absolute Gasteiger partial charge is 0.306 e. The Morgan fingerprint density at radius 1 is 1.50 bits per heavy atom. The molecule has 1 saturated carbocycles. The first-order valence-corrected chi connectivity index (χ1v) is 10.9. The van der Waals surface area contributed by atoms with E-state index in [0.717, 1.165) is 52.5 Å². The highest BCUT2D eigenvalue weighted by atomic mass is 16.5. The van der Waals surface area contributed by atoms with Crippen molar-refractivity contribution >= 4 is 16.9 Å². The van der Waals surface area contributed by atoms with Crippen molar-refractivity contribution in [3.63, 3.8) is 0 Å². The normalized spacial score (nSPS) is 22.3. The molecule has 1 aromatic heterocycles. The van der Waals surface area contributed by atoms with Crippen LogP contribution in [0.5, 0.6) is 0 Å². The Balaban J connectivity index is 1.95. The van der Waals surface area contributed by atoms with Gasteiger partial charge < -0.3 is 19.6 Å². The molecule has 0 amide bonds. The molecular formula is C24H30N2O4. The Labute approximate surface area is 177 Å². The molecule has 0 spiro atoms. The number of nitrogens with one attached hydrogen (secondary N) is 1. The molecule has 1 aliphatic heterocycles. The second kappa shape index (κ2) is 8.05. The second-order valence-corrected chi connectivity index (χ2v) is 8.74. The zero-order chi connectivity index (χ0) is 21.5. The van der Waals surface area contributed by atoms with E-state index in [2.05, 4.69) is 18.0 Å². The van der Waals surface area contributed by atoms with Crippen molar-refractivity contribution in [2.45, 2.75) is 70.5 Å². The summed E-state index contributed by atoms with van der Waals surface area (Å²) in [6.45, 7) is 4.57. The lowest BCUT2D eigenvalue weighted by atomic mass is 9.77. The molecule has 4 rings (SSSR count). The molecule has 1 fully saturated rings. The van der Waals surface area contributed by atoms with Crippen molar-refractivity contribution in [3.05, 3.63) is 34.0 Å². The van der Waals surface area contributed by atoms with Crippen LogP contribution in [-0.2, 0) is 26.3 Å². The van der Waals surface area contributed by atoms with Gasteiger partial charge in [-0.05, 0) is 61.3 Å². The average Bonchev–Trinajstić information content (AvgIpc) is 3.07. The van der Waals surface area contributed by atoms with E-state index in [1.54, 1.807) is 7.11 Å². The minimum atomic E-state index is -0.877. The third kappa shape index (κ3) is 3.21. The molecule has 0 saturated heterocycles. The predicted octanol–water partition coefficient (Wildman–Crippen LogP) is 4.88. The molecule has 0 bridgehead atoms. The second-order valence-electron chi connectivity index (χ2n) is 8.74. The summed E-state index contributed by atoms with van der Waals surface area (Å²) in [6.07, 6.45) is 5.50. The van der Waals surface area contributed by atoms with Crippen LogP contribution in [0.2, 0.25) is 0 Å². The number of aliphatic carboxylic acids is 1. The van der Waals surface area contributed by atoms with Gasteiger partial charge >= 0.3 is 5.97 Å². The van der Waals surface area contributed by atoms with Gasteiger partial charge in [0.25, 0.3) is 0 Å². The standard InChI is InChI=1S/C24H30N2O4/c1-4-9-24(12-19(27)28)23-17(8-10-30-24)20-16(13-25)11-18(14(2)21(20)26-23)22(29-3)15-6-5-7-15/h11,15,22,26H,4-10,12H2,1-3H3,(H,27,28). The number of H-pyrrole nitrogens is 1. The Morgan fingerprint density at radius 2 is 2.27 bits per heavy atom.